The predicted molar refractivity (Wildman–Crippen MR) is 125 cm³/mol. The van der Waals surface area contributed by atoms with Gasteiger partial charge in [0.1, 0.15) is 17.3 Å². The highest BCUT2D eigenvalue weighted by Gasteiger charge is 2.46. The number of anilines is 1. The van der Waals surface area contributed by atoms with E-state index in [1.165, 1.54) is 29.2 Å². The molecule has 1 atom stereocenters. The molecule has 1 fully saturated rings. The van der Waals surface area contributed by atoms with Crippen molar-refractivity contribution in [2.45, 2.75) is 32.9 Å². The molecule has 1 N–H and O–H groups in total. The number of ketones is 1. The first-order chi connectivity index (χ1) is 15.8. The van der Waals surface area contributed by atoms with Crippen LogP contribution in [0.2, 0.25) is 0 Å². The lowest BCUT2D eigenvalue weighted by Gasteiger charge is -2.25. The van der Waals surface area contributed by atoms with E-state index in [-0.39, 0.29) is 17.4 Å². The second kappa shape index (κ2) is 8.90. The third-order valence-electron chi connectivity index (χ3n) is 5.44. The summed E-state index contributed by atoms with van der Waals surface area (Å²) in [5.74, 6) is -1.67. The summed E-state index contributed by atoms with van der Waals surface area (Å²) in [6.07, 6.45) is -0.0113. The zero-order chi connectivity index (χ0) is 23.7. The predicted octanol–water partition coefficient (Wildman–Crippen LogP) is 5.55. The molecule has 0 bridgehead atoms. The average molecular weight is 445 g/mol. The van der Waals surface area contributed by atoms with E-state index < -0.39 is 23.5 Å². The minimum Gasteiger partial charge on any atom is -0.507 e. The van der Waals surface area contributed by atoms with E-state index in [0.29, 0.717) is 22.6 Å². The molecule has 1 aliphatic heterocycles. The molecular formula is C27H24FNO4. The Bertz CT molecular complexity index is 1210. The summed E-state index contributed by atoms with van der Waals surface area (Å²) in [5.41, 5.74) is 2.34. The largest absolute Gasteiger partial charge is 0.507 e. The summed E-state index contributed by atoms with van der Waals surface area (Å²) in [7, 11) is 0. The van der Waals surface area contributed by atoms with Gasteiger partial charge in [-0.25, -0.2) is 4.39 Å². The van der Waals surface area contributed by atoms with Crippen molar-refractivity contribution in [2.75, 3.05) is 4.90 Å². The van der Waals surface area contributed by atoms with Crippen LogP contribution in [0.25, 0.3) is 5.76 Å². The van der Waals surface area contributed by atoms with Crippen molar-refractivity contribution in [3.8, 4) is 5.75 Å². The van der Waals surface area contributed by atoms with Crippen LogP contribution >= 0.6 is 0 Å². The van der Waals surface area contributed by atoms with Gasteiger partial charge in [0.05, 0.1) is 17.7 Å². The van der Waals surface area contributed by atoms with E-state index >= 15 is 0 Å². The van der Waals surface area contributed by atoms with Gasteiger partial charge in [-0.05, 0) is 74.9 Å². The molecule has 4 rings (SSSR count). The Morgan fingerprint density at radius 2 is 1.55 bits per heavy atom. The van der Waals surface area contributed by atoms with Gasteiger partial charge in [-0.15, -0.1) is 0 Å². The van der Waals surface area contributed by atoms with Crippen molar-refractivity contribution in [1.29, 1.82) is 0 Å². The Labute approximate surface area is 191 Å². The molecule has 168 valence electrons. The molecule has 0 saturated carbocycles. The number of aliphatic hydroxyl groups is 1. The molecule has 5 nitrogen and oxygen atoms in total. The number of amides is 1. The number of ether oxygens (including phenoxy) is 1. The summed E-state index contributed by atoms with van der Waals surface area (Å²) in [4.78, 5) is 27.6. The number of nitrogens with zero attached hydrogens (tertiary/aromatic N) is 1. The molecule has 0 aliphatic carbocycles. The van der Waals surface area contributed by atoms with Crippen molar-refractivity contribution in [3.63, 3.8) is 0 Å². The number of Topliss-reactive ketones (excluding diaryl/α,β-unsaturated/α-hetero) is 1. The summed E-state index contributed by atoms with van der Waals surface area (Å²) in [5, 5.41) is 11.1. The molecule has 1 heterocycles. The highest BCUT2D eigenvalue weighted by Crippen LogP contribution is 2.42. The van der Waals surface area contributed by atoms with Crippen LogP contribution in [0.3, 0.4) is 0 Å². The maximum absolute atomic E-state index is 13.6. The quantitative estimate of drug-likeness (QED) is 0.318. The maximum Gasteiger partial charge on any atom is 0.300 e. The Morgan fingerprint density at radius 1 is 0.939 bits per heavy atom. The van der Waals surface area contributed by atoms with Crippen LogP contribution in [0, 0.1) is 12.7 Å². The van der Waals surface area contributed by atoms with E-state index in [0.717, 1.165) is 5.56 Å². The van der Waals surface area contributed by atoms with Crippen molar-refractivity contribution in [2.24, 2.45) is 0 Å². The van der Waals surface area contributed by atoms with Crippen molar-refractivity contribution in [1.82, 2.24) is 0 Å². The van der Waals surface area contributed by atoms with E-state index in [2.05, 4.69) is 0 Å². The lowest BCUT2D eigenvalue weighted by Crippen LogP contribution is -2.29. The molecule has 3 aromatic carbocycles. The Hall–Kier alpha value is -3.93. The zero-order valence-electron chi connectivity index (χ0n) is 18.6. The van der Waals surface area contributed by atoms with Crippen LogP contribution < -0.4 is 9.64 Å². The molecule has 0 spiro atoms. The van der Waals surface area contributed by atoms with E-state index in [1.807, 2.05) is 32.9 Å². The van der Waals surface area contributed by atoms with Gasteiger partial charge in [0.25, 0.3) is 11.7 Å². The Kier molecular flexibility index (Phi) is 6.01. The number of aliphatic hydroxyl groups excluding tert-OH is 1. The smallest absolute Gasteiger partial charge is 0.300 e. The van der Waals surface area contributed by atoms with Gasteiger partial charge in [0.2, 0.25) is 0 Å². The van der Waals surface area contributed by atoms with Crippen molar-refractivity contribution in [3.05, 3.63) is 101 Å². The molecule has 1 amide bonds. The minimum absolute atomic E-state index is 0.0113. The second-order valence-electron chi connectivity index (χ2n) is 8.25. The number of carbonyl (C=O) groups is 2. The van der Waals surface area contributed by atoms with Crippen molar-refractivity contribution < 1.29 is 23.8 Å². The van der Waals surface area contributed by atoms with E-state index in [1.54, 1.807) is 36.4 Å². The third-order valence-corrected chi connectivity index (χ3v) is 5.44. The van der Waals surface area contributed by atoms with Gasteiger partial charge < -0.3 is 9.84 Å². The number of halogens is 1. The molecule has 1 saturated heterocycles. The first-order valence-corrected chi connectivity index (χ1v) is 10.7. The standard InChI is InChI=1S/C27H24FNO4/c1-16(2)33-22-14-8-19(9-15-22)25(30)23-24(18-6-10-20(28)11-7-18)29(27(32)26(23)31)21-12-4-17(3)5-13-21/h4-16,24,30H,1-3H3/b25-23+. The molecule has 3 aromatic rings. The fraction of sp³-hybridized carbons (Fsp3) is 0.185. The molecule has 6 heteroatoms. The number of hydrogen-bond donors (Lipinski definition) is 1. The number of rotatable bonds is 5. The minimum atomic E-state index is -0.903. The topological polar surface area (TPSA) is 66.8 Å². The van der Waals surface area contributed by atoms with Gasteiger partial charge in [0, 0.05) is 11.3 Å². The van der Waals surface area contributed by atoms with Gasteiger partial charge >= 0.3 is 0 Å². The first-order valence-electron chi connectivity index (χ1n) is 10.7. The first kappa shape index (κ1) is 22.3. The van der Waals surface area contributed by atoms with Gasteiger partial charge in [-0.2, -0.15) is 0 Å². The van der Waals surface area contributed by atoms with Crippen LogP contribution in [0.1, 0.15) is 36.6 Å². The van der Waals surface area contributed by atoms with Crippen LogP contribution in [-0.4, -0.2) is 22.9 Å². The summed E-state index contributed by atoms with van der Waals surface area (Å²) < 4.78 is 19.3. The Morgan fingerprint density at radius 3 is 2.12 bits per heavy atom. The summed E-state index contributed by atoms with van der Waals surface area (Å²) >= 11 is 0. The van der Waals surface area contributed by atoms with Crippen LogP contribution in [0.4, 0.5) is 10.1 Å². The molecule has 0 aromatic heterocycles. The normalized spacial score (nSPS) is 17.6. The summed E-state index contributed by atoms with van der Waals surface area (Å²) in [6, 6.07) is 18.5. The number of aryl methyl sites for hydroxylation is 1. The van der Waals surface area contributed by atoms with Gasteiger partial charge in [-0.3, -0.25) is 14.5 Å². The third kappa shape index (κ3) is 4.37. The van der Waals surface area contributed by atoms with Gasteiger partial charge in [0.15, 0.2) is 0 Å². The Balaban J connectivity index is 1.85. The van der Waals surface area contributed by atoms with Crippen molar-refractivity contribution >= 4 is 23.1 Å². The van der Waals surface area contributed by atoms with Gasteiger partial charge in [-0.1, -0.05) is 29.8 Å². The lowest BCUT2D eigenvalue weighted by atomic mass is 9.95. The second-order valence-corrected chi connectivity index (χ2v) is 8.25. The highest BCUT2D eigenvalue weighted by molar-refractivity contribution is 6.51. The number of carbonyl (C=O) groups excluding carboxylic acids is 2. The molecule has 0 radical (unpaired) electrons. The van der Waals surface area contributed by atoms with E-state index in [9.17, 15) is 19.1 Å². The highest BCUT2D eigenvalue weighted by atomic mass is 19.1. The van der Waals surface area contributed by atoms with Crippen LogP contribution in [0.5, 0.6) is 5.75 Å². The SMILES string of the molecule is Cc1ccc(N2C(=O)C(=O)/C(=C(/O)c3ccc(OC(C)C)cc3)C2c2ccc(F)cc2)cc1. The van der Waals surface area contributed by atoms with E-state index in [4.69, 9.17) is 4.74 Å². The summed E-state index contributed by atoms with van der Waals surface area (Å²) in [6.45, 7) is 5.73. The molecule has 1 aliphatic rings. The fourth-order valence-corrected chi connectivity index (χ4v) is 3.88. The fourth-order valence-electron chi connectivity index (χ4n) is 3.88. The monoisotopic (exact) mass is 445 g/mol. The molecular weight excluding hydrogens is 421 g/mol. The zero-order valence-corrected chi connectivity index (χ0v) is 18.6. The molecule has 33 heavy (non-hydrogen) atoms. The lowest BCUT2D eigenvalue weighted by molar-refractivity contribution is -0.132. The molecule has 1 unspecified atom stereocenters. The van der Waals surface area contributed by atoms with Crippen LogP contribution in [-0.2, 0) is 9.59 Å². The van der Waals surface area contributed by atoms with Crippen LogP contribution in [0.15, 0.2) is 78.4 Å². The average Bonchev–Trinajstić information content (AvgIpc) is 3.05. The number of benzene rings is 3. The maximum atomic E-state index is 13.6. The number of hydrogen-bond acceptors (Lipinski definition) is 4.